The molecule has 1 aromatic carbocycles. The van der Waals surface area contributed by atoms with Crippen molar-refractivity contribution in [3.05, 3.63) is 59.8 Å². The Hall–Kier alpha value is -2.40. The smallest absolute Gasteiger partial charge is 0.254 e. The van der Waals surface area contributed by atoms with Crippen molar-refractivity contribution in [1.82, 2.24) is 14.8 Å². The molecule has 5 heteroatoms. The summed E-state index contributed by atoms with van der Waals surface area (Å²) < 4.78 is 5.16. The number of nitrogens with zero attached hydrogens (tertiary/aromatic N) is 3. The predicted molar refractivity (Wildman–Crippen MR) is 110 cm³/mol. The monoisotopic (exact) mass is 379 g/mol. The summed E-state index contributed by atoms with van der Waals surface area (Å²) in [7, 11) is 3.81. The van der Waals surface area contributed by atoms with E-state index in [1.165, 1.54) is 12.0 Å². The number of likely N-dealkylation sites (N-methyl/N-ethyl adjacent to an activating group) is 1. The molecule has 1 amide bonds. The van der Waals surface area contributed by atoms with Crippen molar-refractivity contribution in [3.63, 3.8) is 0 Å². The zero-order valence-corrected chi connectivity index (χ0v) is 16.8. The highest BCUT2D eigenvalue weighted by Crippen LogP contribution is 2.44. The zero-order chi connectivity index (χ0) is 19.6. The van der Waals surface area contributed by atoms with Crippen LogP contribution in [0.2, 0.25) is 0 Å². The average molecular weight is 380 g/mol. The average Bonchev–Trinajstić information content (AvgIpc) is 2.74. The summed E-state index contributed by atoms with van der Waals surface area (Å²) in [5.74, 6) is 1.14. The number of ether oxygens (including phenoxy) is 1. The first-order chi connectivity index (χ1) is 13.6. The summed E-state index contributed by atoms with van der Waals surface area (Å²) in [5.41, 5.74) is 2.40. The molecule has 0 radical (unpaired) electrons. The Morgan fingerprint density at radius 1 is 1.18 bits per heavy atom. The molecule has 148 valence electrons. The van der Waals surface area contributed by atoms with Crippen LogP contribution in [-0.4, -0.2) is 61.0 Å². The van der Waals surface area contributed by atoms with Crippen molar-refractivity contribution < 1.29 is 9.53 Å². The van der Waals surface area contributed by atoms with Crippen molar-refractivity contribution in [3.8, 4) is 5.88 Å². The van der Waals surface area contributed by atoms with E-state index in [1.807, 2.05) is 4.90 Å². The lowest BCUT2D eigenvalue weighted by Gasteiger charge is -2.49. The molecule has 2 saturated heterocycles. The highest BCUT2D eigenvalue weighted by Gasteiger charge is 2.42. The standard InChI is InChI=1S/C23H29N3O2/c1-25-16-20(18-6-4-3-5-7-18)15-23(17-25)9-12-26(13-10-23)22(27)19-8-11-24-21(14-19)28-2/h3-8,11,14,20H,9-10,12-13,15-17H2,1-2H3/t20-/m1/s1. The number of carbonyl (C=O) groups excluding carboxylic acids is 1. The largest absolute Gasteiger partial charge is 0.481 e. The molecule has 1 atom stereocenters. The van der Waals surface area contributed by atoms with E-state index < -0.39 is 0 Å². The molecule has 0 aliphatic carbocycles. The number of carbonyl (C=O) groups is 1. The number of aromatic nitrogens is 1. The lowest BCUT2D eigenvalue weighted by atomic mass is 9.68. The van der Waals surface area contributed by atoms with E-state index in [2.05, 4.69) is 47.3 Å². The fraction of sp³-hybridized carbons (Fsp3) is 0.478. The molecule has 3 heterocycles. The van der Waals surface area contributed by atoms with Gasteiger partial charge in [-0.2, -0.15) is 0 Å². The molecule has 0 bridgehead atoms. The molecule has 0 unspecified atom stereocenters. The summed E-state index contributed by atoms with van der Waals surface area (Å²) in [6, 6.07) is 14.4. The molecule has 0 N–H and O–H groups in total. The van der Waals surface area contributed by atoms with Gasteiger partial charge in [-0.25, -0.2) is 4.98 Å². The maximum atomic E-state index is 12.9. The van der Waals surface area contributed by atoms with Crippen LogP contribution >= 0.6 is 0 Å². The number of pyridine rings is 1. The number of piperidine rings is 2. The van der Waals surface area contributed by atoms with Crippen LogP contribution in [0, 0.1) is 5.41 Å². The van der Waals surface area contributed by atoms with Gasteiger partial charge in [-0.3, -0.25) is 4.79 Å². The number of hydrogen-bond donors (Lipinski definition) is 0. The fourth-order valence-corrected chi connectivity index (χ4v) is 5.00. The van der Waals surface area contributed by atoms with Crippen molar-refractivity contribution >= 4 is 5.91 Å². The van der Waals surface area contributed by atoms with E-state index in [-0.39, 0.29) is 5.91 Å². The van der Waals surface area contributed by atoms with Crippen LogP contribution in [0.25, 0.3) is 0 Å². The van der Waals surface area contributed by atoms with Gasteiger partial charge in [0, 0.05) is 44.0 Å². The molecular weight excluding hydrogens is 350 g/mol. The fourth-order valence-electron chi connectivity index (χ4n) is 5.00. The Morgan fingerprint density at radius 3 is 2.64 bits per heavy atom. The van der Waals surface area contributed by atoms with Gasteiger partial charge in [0.15, 0.2) is 0 Å². The van der Waals surface area contributed by atoms with Gasteiger partial charge in [-0.15, -0.1) is 0 Å². The molecule has 2 aromatic rings. The van der Waals surface area contributed by atoms with Crippen LogP contribution in [0.3, 0.4) is 0 Å². The van der Waals surface area contributed by atoms with Gasteiger partial charge in [0.25, 0.3) is 5.91 Å². The van der Waals surface area contributed by atoms with Crippen LogP contribution < -0.4 is 4.74 Å². The minimum Gasteiger partial charge on any atom is -0.481 e. The van der Waals surface area contributed by atoms with Gasteiger partial charge in [0.05, 0.1) is 7.11 Å². The SMILES string of the molecule is COc1cc(C(=O)N2CCC3(CC2)C[C@@H](c2ccccc2)CN(C)C3)ccn1. The van der Waals surface area contributed by atoms with Crippen molar-refractivity contribution in [2.45, 2.75) is 25.2 Å². The van der Waals surface area contributed by atoms with E-state index in [0.717, 1.165) is 39.0 Å². The van der Waals surface area contributed by atoms with Gasteiger partial charge in [0.1, 0.15) is 0 Å². The minimum atomic E-state index is 0.0827. The summed E-state index contributed by atoms with van der Waals surface area (Å²) in [6.45, 7) is 3.88. The molecular formula is C23H29N3O2. The van der Waals surface area contributed by atoms with E-state index in [0.29, 0.717) is 22.8 Å². The van der Waals surface area contributed by atoms with Crippen molar-refractivity contribution in [2.75, 3.05) is 40.3 Å². The Labute approximate surface area is 167 Å². The minimum absolute atomic E-state index is 0.0827. The summed E-state index contributed by atoms with van der Waals surface area (Å²) in [4.78, 5) is 21.5. The second-order valence-electron chi connectivity index (χ2n) is 8.39. The van der Waals surface area contributed by atoms with Crippen LogP contribution in [0.4, 0.5) is 0 Å². The maximum absolute atomic E-state index is 12.9. The van der Waals surface area contributed by atoms with E-state index in [9.17, 15) is 4.79 Å². The van der Waals surface area contributed by atoms with Crippen LogP contribution in [0.5, 0.6) is 5.88 Å². The third-order valence-corrected chi connectivity index (χ3v) is 6.39. The lowest BCUT2D eigenvalue weighted by Crippen LogP contribution is -2.51. The van der Waals surface area contributed by atoms with Gasteiger partial charge in [-0.05, 0) is 49.3 Å². The molecule has 2 aliphatic rings. The quantitative estimate of drug-likeness (QED) is 0.820. The van der Waals surface area contributed by atoms with Gasteiger partial charge in [-0.1, -0.05) is 30.3 Å². The number of rotatable bonds is 3. The number of methoxy groups -OCH3 is 1. The van der Waals surface area contributed by atoms with Crippen LogP contribution in [0.15, 0.2) is 48.7 Å². The van der Waals surface area contributed by atoms with Crippen molar-refractivity contribution in [2.24, 2.45) is 5.41 Å². The first-order valence-electron chi connectivity index (χ1n) is 10.1. The Morgan fingerprint density at radius 2 is 1.93 bits per heavy atom. The first-order valence-corrected chi connectivity index (χ1v) is 10.1. The number of hydrogen-bond acceptors (Lipinski definition) is 4. The third-order valence-electron chi connectivity index (χ3n) is 6.39. The second kappa shape index (κ2) is 7.92. The van der Waals surface area contributed by atoms with E-state index in [1.54, 1.807) is 25.4 Å². The molecule has 4 rings (SSSR count). The second-order valence-corrected chi connectivity index (χ2v) is 8.39. The molecule has 0 saturated carbocycles. The van der Waals surface area contributed by atoms with Gasteiger partial charge in [0.2, 0.25) is 5.88 Å². The first kappa shape index (κ1) is 18.9. The number of benzene rings is 1. The van der Waals surface area contributed by atoms with Crippen LogP contribution in [0.1, 0.15) is 41.1 Å². The van der Waals surface area contributed by atoms with E-state index >= 15 is 0 Å². The molecule has 2 fully saturated rings. The topological polar surface area (TPSA) is 45.7 Å². The summed E-state index contributed by atoms with van der Waals surface area (Å²) in [5, 5.41) is 0. The molecule has 5 nitrogen and oxygen atoms in total. The predicted octanol–water partition coefficient (Wildman–Crippen LogP) is 3.43. The Balaban J connectivity index is 1.44. The molecule has 2 aliphatic heterocycles. The van der Waals surface area contributed by atoms with E-state index in [4.69, 9.17) is 4.74 Å². The maximum Gasteiger partial charge on any atom is 0.254 e. The highest BCUT2D eigenvalue weighted by molar-refractivity contribution is 5.94. The zero-order valence-electron chi connectivity index (χ0n) is 16.8. The lowest BCUT2D eigenvalue weighted by molar-refractivity contribution is 0.0224. The van der Waals surface area contributed by atoms with Crippen molar-refractivity contribution in [1.29, 1.82) is 0 Å². The molecule has 28 heavy (non-hydrogen) atoms. The third kappa shape index (κ3) is 3.90. The molecule has 1 spiro atoms. The Bertz CT molecular complexity index is 816. The normalized spacial score (nSPS) is 22.2. The molecule has 1 aromatic heterocycles. The highest BCUT2D eigenvalue weighted by atomic mass is 16.5. The summed E-state index contributed by atoms with van der Waals surface area (Å²) >= 11 is 0. The Kier molecular flexibility index (Phi) is 5.36. The van der Waals surface area contributed by atoms with Crippen LogP contribution in [-0.2, 0) is 0 Å². The number of likely N-dealkylation sites (tertiary alicyclic amines) is 2. The number of amides is 1. The van der Waals surface area contributed by atoms with Gasteiger partial charge >= 0.3 is 0 Å². The van der Waals surface area contributed by atoms with Gasteiger partial charge < -0.3 is 14.5 Å². The summed E-state index contributed by atoms with van der Waals surface area (Å²) in [6.07, 6.45) is 4.98.